The van der Waals surface area contributed by atoms with Gasteiger partial charge in [-0.05, 0) is 17.7 Å². The summed E-state index contributed by atoms with van der Waals surface area (Å²) in [5.41, 5.74) is 1.24. The average Bonchev–Trinajstić information content (AvgIpc) is 3.39. The van der Waals surface area contributed by atoms with Crippen LogP contribution in [0.2, 0.25) is 0 Å². The Labute approximate surface area is 127 Å². The van der Waals surface area contributed by atoms with Crippen molar-refractivity contribution in [2.75, 3.05) is 6.61 Å². The highest BCUT2D eigenvalue weighted by molar-refractivity contribution is 6.02. The van der Waals surface area contributed by atoms with E-state index < -0.39 is 18.1 Å². The van der Waals surface area contributed by atoms with E-state index in [9.17, 15) is 9.59 Å². The molecule has 3 rings (SSSR count). The normalized spacial score (nSPS) is 17.4. The quantitative estimate of drug-likeness (QED) is 0.881. The van der Waals surface area contributed by atoms with Gasteiger partial charge in [0.25, 0.3) is 5.91 Å². The van der Waals surface area contributed by atoms with E-state index in [0.29, 0.717) is 12.2 Å². The molecule has 1 saturated heterocycles. The molecule has 1 heterocycles. The zero-order valence-electron chi connectivity index (χ0n) is 11.8. The number of carbonyl (C=O) groups is 2. The Kier molecular flexibility index (Phi) is 4.16. The van der Waals surface area contributed by atoms with E-state index in [1.807, 2.05) is 30.3 Å². The minimum atomic E-state index is -0.779. The molecule has 1 fully saturated rings. The maximum Gasteiger partial charge on any atom is 0.414 e. The molecular formula is C17H15NO4. The van der Waals surface area contributed by atoms with Crippen molar-refractivity contribution in [2.24, 2.45) is 0 Å². The monoisotopic (exact) mass is 297 g/mol. The average molecular weight is 297 g/mol. The molecule has 5 heteroatoms. The molecule has 112 valence electrons. The number of rotatable bonds is 4. The summed E-state index contributed by atoms with van der Waals surface area (Å²) in [6.45, 7) is 0.541. The van der Waals surface area contributed by atoms with Gasteiger partial charge in [-0.1, -0.05) is 48.5 Å². The first-order chi connectivity index (χ1) is 10.7. The van der Waals surface area contributed by atoms with Gasteiger partial charge in [0, 0.05) is 5.56 Å². The van der Waals surface area contributed by atoms with Crippen molar-refractivity contribution in [2.45, 2.75) is 12.2 Å². The number of imide groups is 1. The van der Waals surface area contributed by atoms with Crippen molar-refractivity contribution >= 4 is 12.0 Å². The summed E-state index contributed by atoms with van der Waals surface area (Å²) in [6, 6.07) is 17.8. The molecule has 0 bridgehead atoms. The summed E-state index contributed by atoms with van der Waals surface area (Å²) in [7, 11) is 0. The van der Waals surface area contributed by atoms with Gasteiger partial charge in [-0.3, -0.25) is 10.1 Å². The van der Waals surface area contributed by atoms with Gasteiger partial charge in [0.2, 0.25) is 0 Å². The second kappa shape index (κ2) is 6.41. The first kappa shape index (κ1) is 14.3. The van der Waals surface area contributed by atoms with Crippen LogP contribution in [0.5, 0.6) is 0 Å². The molecule has 2 amide bonds. The highest BCUT2D eigenvalue weighted by Crippen LogP contribution is 2.30. The number of alkyl carbamates (subject to hydrolysis) is 1. The van der Waals surface area contributed by atoms with Crippen molar-refractivity contribution in [3.8, 4) is 0 Å². The number of hydrogen-bond donors (Lipinski definition) is 1. The summed E-state index contributed by atoms with van der Waals surface area (Å²) in [4.78, 5) is 23.8. The second-order valence-electron chi connectivity index (χ2n) is 4.93. The molecule has 0 saturated carbocycles. The van der Waals surface area contributed by atoms with Gasteiger partial charge in [0.05, 0.1) is 6.61 Å². The molecule has 5 nitrogen and oxygen atoms in total. The van der Waals surface area contributed by atoms with Crippen LogP contribution in [0.4, 0.5) is 4.79 Å². The van der Waals surface area contributed by atoms with Crippen LogP contribution in [0.25, 0.3) is 0 Å². The van der Waals surface area contributed by atoms with Crippen molar-refractivity contribution in [3.63, 3.8) is 0 Å². The van der Waals surface area contributed by atoms with E-state index in [0.717, 1.165) is 5.56 Å². The molecule has 1 aliphatic heterocycles. The number of benzene rings is 2. The van der Waals surface area contributed by atoms with Crippen molar-refractivity contribution in [1.82, 2.24) is 5.32 Å². The fraction of sp³-hybridized carbons (Fsp3) is 0.176. The lowest BCUT2D eigenvalue weighted by atomic mass is 10.1. The molecule has 0 spiro atoms. The molecule has 1 N–H and O–H groups in total. The summed E-state index contributed by atoms with van der Waals surface area (Å²) >= 11 is 0. The van der Waals surface area contributed by atoms with Crippen molar-refractivity contribution in [1.29, 1.82) is 0 Å². The Morgan fingerprint density at radius 3 is 2.23 bits per heavy atom. The van der Waals surface area contributed by atoms with Crippen LogP contribution in [0.3, 0.4) is 0 Å². The number of epoxide rings is 1. The topological polar surface area (TPSA) is 67.9 Å². The van der Waals surface area contributed by atoms with Crippen molar-refractivity contribution < 1.29 is 19.1 Å². The van der Waals surface area contributed by atoms with Gasteiger partial charge >= 0.3 is 6.09 Å². The molecule has 2 atom stereocenters. The Balaban J connectivity index is 1.64. The first-order valence-electron chi connectivity index (χ1n) is 6.97. The predicted octanol–water partition coefficient (Wildman–Crippen LogP) is 2.69. The molecule has 1 aliphatic rings. The largest absolute Gasteiger partial charge is 0.438 e. The van der Waals surface area contributed by atoms with Crippen LogP contribution in [0, 0.1) is 0 Å². The standard InChI is InChI=1S/C17H15NO4/c19-16(13-9-5-2-6-10-13)18-17(20)22-15(14-11-21-14)12-7-3-1-4-8-12/h1-10,14-15H,11H2,(H,18,19,20)/t14-,15+/m1/s1. The van der Waals surface area contributed by atoms with E-state index in [2.05, 4.69) is 5.32 Å². The minimum Gasteiger partial charge on any atom is -0.438 e. The van der Waals surface area contributed by atoms with Crippen LogP contribution >= 0.6 is 0 Å². The van der Waals surface area contributed by atoms with Gasteiger partial charge < -0.3 is 9.47 Å². The third-order valence-electron chi connectivity index (χ3n) is 3.31. The summed E-state index contributed by atoms with van der Waals surface area (Å²) < 4.78 is 10.6. The Bertz CT molecular complexity index is 653. The highest BCUT2D eigenvalue weighted by Gasteiger charge is 2.37. The minimum absolute atomic E-state index is 0.153. The van der Waals surface area contributed by atoms with Gasteiger partial charge in [-0.15, -0.1) is 0 Å². The van der Waals surface area contributed by atoms with Crippen LogP contribution in [0.1, 0.15) is 22.0 Å². The highest BCUT2D eigenvalue weighted by atomic mass is 16.6. The van der Waals surface area contributed by atoms with E-state index in [1.165, 1.54) is 0 Å². The third kappa shape index (κ3) is 3.51. The molecule has 0 unspecified atom stereocenters. The molecule has 0 aliphatic carbocycles. The number of nitrogens with one attached hydrogen (secondary N) is 1. The lowest BCUT2D eigenvalue weighted by molar-refractivity contribution is 0.0717. The van der Waals surface area contributed by atoms with Gasteiger partial charge in [0.1, 0.15) is 6.10 Å². The SMILES string of the molecule is O=C(NC(=O)c1ccccc1)O[C@@H](c1ccccc1)[C@H]1CO1. The van der Waals surface area contributed by atoms with Gasteiger partial charge in [-0.2, -0.15) is 0 Å². The fourth-order valence-electron chi connectivity index (χ4n) is 2.13. The van der Waals surface area contributed by atoms with Crippen LogP contribution in [-0.4, -0.2) is 24.7 Å². The molecule has 0 radical (unpaired) electrons. The van der Waals surface area contributed by atoms with Crippen molar-refractivity contribution in [3.05, 3.63) is 71.8 Å². The number of ether oxygens (including phenoxy) is 2. The summed E-state index contributed by atoms with van der Waals surface area (Å²) in [5.74, 6) is -0.492. The zero-order chi connectivity index (χ0) is 15.4. The van der Waals surface area contributed by atoms with Crippen LogP contribution < -0.4 is 5.32 Å². The van der Waals surface area contributed by atoms with E-state index >= 15 is 0 Å². The zero-order valence-corrected chi connectivity index (χ0v) is 11.8. The number of hydrogen-bond acceptors (Lipinski definition) is 4. The summed E-state index contributed by atoms with van der Waals surface area (Å²) in [6.07, 6.45) is -1.44. The van der Waals surface area contributed by atoms with Gasteiger partial charge in [0.15, 0.2) is 6.10 Å². The van der Waals surface area contributed by atoms with Crippen LogP contribution in [-0.2, 0) is 9.47 Å². The molecular weight excluding hydrogens is 282 g/mol. The lowest BCUT2D eigenvalue weighted by Crippen LogP contribution is -2.33. The lowest BCUT2D eigenvalue weighted by Gasteiger charge is -2.16. The Morgan fingerprint density at radius 2 is 1.64 bits per heavy atom. The second-order valence-corrected chi connectivity index (χ2v) is 4.93. The first-order valence-corrected chi connectivity index (χ1v) is 6.97. The number of carbonyl (C=O) groups excluding carboxylic acids is 2. The maximum absolute atomic E-state index is 11.9. The third-order valence-corrected chi connectivity index (χ3v) is 3.31. The predicted molar refractivity (Wildman–Crippen MR) is 79.3 cm³/mol. The summed E-state index contributed by atoms with van der Waals surface area (Å²) in [5, 5.41) is 2.22. The fourth-order valence-corrected chi connectivity index (χ4v) is 2.13. The van der Waals surface area contributed by atoms with Crippen LogP contribution in [0.15, 0.2) is 60.7 Å². The van der Waals surface area contributed by atoms with Gasteiger partial charge in [-0.25, -0.2) is 4.79 Å². The molecule has 22 heavy (non-hydrogen) atoms. The smallest absolute Gasteiger partial charge is 0.414 e. The van der Waals surface area contributed by atoms with E-state index in [4.69, 9.17) is 9.47 Å². The van der Waals surface area contributed by atoms with E-state index in [-0.39, 0.29) is 6.10 Å². The molecule has 2 aromatic carbocycles. The maximum atomic E-state index is 11.9. The molecule has 2 aromatic rings. The molecule has 0 aromatic heterocycles. The van der Waals surface area contributed by atoms with E-state index in [1.54, 1.807) is 30.3 Å². The number of amides is 2. The Hall–Kier alpha value is -2.66. The Morgan fingerprint density at radius 1 is 1.05 bits per heavy atom.